The average Bonchev–Trinajstić information content (AvgIpc) is 2.56. The van der Waals surface area contributed by atoms with E-state index in [0.717, 1.165) is 5.56 Å². The van der Waals surface area contributed by atoms with Crippen LogP contribution in [0.2, 0.25) is 15.1 Å². The molecule has 152 valence electrons. The molecule has 2 aromatic carbocycles. The number of hydrogen-bond acceptors (Lipinski definition) is 2. The van der Waals surface area contributed by atoms with E-state index in [1.54, 1.807) is 0 Å². The number of rotatable bonds is 4. The highest BCUT2D eigenvalue weighted by atomic mass is 35.5. The van der Waals surface area contributed by atoms with Crippen molar-refractivity contribution in [2.45, 2.75) is 52.4 Å². The van der Waals surface area contributed by atoms with Crippen LogP contribution in [0.25, 0.3) is 0 Å². The van der Waals surface area contributed by atoms with Crippen molar-refractivity contribution in [2.24, 2.45) is 0 Å². The summed E-state index contributed by atoms with van der Waals surface area (Å²) in [5.74, 6) is 0.357. The minimum absolute atomic E-state index is 0.0283. The Kier molecular flexibility index (Phi) is 6.96. The zero-order chi connectivity index (χ0) is 21.3. The standard InChI is InChI=1S/C22H26Cl3NO2/c1-21(2,3)13-7-8-19(14(9-13)22(4,5)6)28-12-20(27)26-18-11-16(24)15(23)10-17(18)25/h7-11H,12H2,1-6H3,(H,26,27). The van der Waals surface area contributed by atoms with E-state index in [1.807, 2.05) is 12.1 Å². The molecular weight excluding hydrogens is 417 g/mol. The molecule has 0 saturated heterocycles. The number of hydrogen-bond donors (Lipinski definition) is 1. The van der Waals surface area contributed by atoms with Crippen LogP contribution < -0.4 is 10.1 Å². The Morgan fingerprint density at radius 1 is 0.893 bits per heavy atom. The smallest absolute Gasteiger partial charge is 0.262 e. The fraction of sp³-hybridized carbons (Fsp3) is 0.409. The second-order valence-corrected chi connectivity index (χ2v) is 10.0. The van der Waals surface area contributed by atoms with Crippen LogP contribution in [0.5, 0.6) is 5.75 Å². The van der Waals surface area contributed by atoms with Crippen LogP contribution in [0.1, 0.15) is 52.7 Å². The molecule has 0 radical (unpaired) electrons. The average molecular weight is 443 g/mol. The Labute approximate surface area is 182 Å². The van der Waals surface area contributed by atoms with Gasteiger partial charge in [-0.2, -0.15) is 0 Å². The summed E-state index contributed by atoms with van der Waals surface area (Å²) in [6, 6.07) is 9.13. The molecule has 0 aliphatic rings. The molecule has 2 aromatic rings. The minimum atomic E-state index is -0.333. The zero-order valence-corrected chi connectivity index (χ0v) is 19.3. The number of nitrogens with one attached hydrogen (secondary N) is 1. The lowest BCUT2D eigenvalue weighted by Crippen LogP contribution is -2.23. The van der Waals surface area contributed by atoms with Gasteiger partial charge in [-0.1, -0.05) is 88.5 Å². The van der Waals surface area contributed by atoms with Gasteiger partial charge in [0, 0.05) is 0 Å². The molecule has 0 fully saturated rings. The molecule has 28 heavy (non-hydrogen) atoms. The van der Waals surface area contributed by atoms with Gasteiger partial charge in [0.05, 0.1) is 20.8 Å². The maximum Gasteiger partial charge on any atom is 0.262 e. The fourth-order valence-corrected chi connectivity index (χ4v) is 3.25. The topological polar surface area (TPSA) is 38.3 Å². The molecule has 0 heterocycles. The Hall–Kier alpha value is -1.42. The summed E-state index contributed by atoms with van der Waals surface area (Å²) in [7, 11) is 0. The number of benzene rings is 2. The lowest BCUT2D eigenvalue weighted by Gasteiger charge is -2.27. The van der Waals surface area contributed by atoms with E-state index in [4.69, 9.17) is 39.5 Å². The van der Waals surface area contributed by atoms with Gasteiger partial charge in [0.1, 0.15) is 5.75 Å². The molecule has 0 saturated carbocycles. The van der Waals surface area contributed by atoms with Crippen LogP contribution in [0.4, 0.5) is 5.69 Å². The first kappa shape index (κ1) is 22.9. The summed E-state index contributed by atoms with van der Waals surface area (Å²) in [5.41, 5.74) is 2.57. The van der Waals surface area contributed by atoms with Gasteiger partial charge in [0.15, 0.2) is 6.61 Å². The predicted molar refractivity (Wildman–Crippen MR) is 119 cm³/mol. The first-order chi connectivity index (χ1) is 12.8. The summed E-state index contributed by atoms with van der Waals surface area (Å²) < 4.78 is 5.84. The number of anilines is 1. The third kappa shape index (κ3) is 5.79. The Morgan fingerprint density at radius 3 is 2.07 bits per heavy atom. The van der Waals surface area contributed by atoms with E-state index >= 15 is 0 Å². The third-order valence-corrected chi connectivity index (χ3v) is 5.33. The van der Waals surface area contributed by atoms with Crippen molar-refractivity contribution in [3.8, 4) is 5.75 Å². The lowest BCUT2D eigenvalue weighted by molar-refractivity contribution is -0.118. The molecule has 0 aliphatic carbocycles. The second kappa shape index (κ2) is 8.52. The van der Waals surface area contributed by atoms with E-state index in [-0.39, 0.29) is 23.3 Å². The van der Waals surface area contributed by atoms with Crippen molar-refractivity contribution >= 4 is 46.4 Å². The first-order valence-electron chi connectivity index (χ1n) is 9.01. The number of amides is 1. The lowest BCUT2D eigenvalue weighted by atomic mass is 9.80. The SMILES string of the molecule is CC(C)(C)c1ccc(OCC(=O)Nc2cc(Cl)c(Cl)cc2Cl)c(C(C)(C)C)c1. The molecule has 0 aromatic heterocycles. The maximum absolute atomic E-state index is 12.4. The van der Waals surface area contributed by atoms with Crippen molar-refractivity contribution in [1.82, 2.24) is 0 Å². The van der Waals surface area contributed by atoms with E-state index in [1.165, 1.54) is 17.7 Å². The van der Waals surface area contributed by atoms with Crippen LogP contribution in [0, 0.1) is 0 Å². The molecule has 0 bridgehead atoms. The summed E-state index contributed by atoms with van der Waals surface area (Å²) in [4.78, 5) is 12.4. The van der Waals surface area contributed by atoms with Gasteiger partial charge in [-0.3, -0.25) is 4.79 Å². The van der Waals surface area contributed by atoms with Gasteiger partial charge >= 0.3 is 0 Å². The van der Waals surface area contributed by atoms with Crippen LogP contribution in [-0.2, 0) is 15.6 Å². The van der Waals surface area contributed by atoms with Gasteiger partial charge in [-0.05, 0) is 40.2 Å². The van der Waals surface area contributed by atoms with Crippen LogP contribution >= 0.6 is 34.8 Å². The minimum Gasteiger partial charge on any atom is -0.483 e. The normalized spacial score (nSPS) is 12.0. The predicted octanol–water partition coefficient (Wildman–Crippen LogP) is 7.26. The molecule has 0 spiro atoms. The maximum atomic E-state index is 12.4. The molecule has 1 amide bonds. The zero-order valence-electron chi connectivity index (χ0n) is 17.0. The van der Waals surface area contributed by atoms with Gasteiger partial charge in [-0.15, -0.1) is 0 Å². The van der Waals surface area contributed by atoms with Crippen LogP contribution in [0.15, 0.2) is 30.3 Å². The Balaban J connectivity index is 2.18. The molecule has 3 nitrogen and oxygen atoms in total. The highest BCUT2D eigenvalue weighted by Gasteiger charge is 2.23. The van der Waals surface area contributed by atoms with E-state index < -0.39 is 0 Å². The number of carbonyl (C=O) groups is 1. The second-order valence-electron chi connectivity index (χ2n) is 8.79. The third-order valence-electron chi connectivity index (χ3n) is 4.30. The monoisotopic (exact) mass is 441 g/mol. The highest BCUT2D eigenvalue weighted by molar-refractivity contribution is 6.44. The highest BCUT2D eigenvalue weighted by Crippen LogP contribution is 2.36. The molecular formula is C22H26Cl3NO2. The van der Waals surface area contributed by atoms with E-state index in [2.05, 4.69) is 52.9 Å². The van der Waals surface area contributed by atoms with Gasteiger partial charge in [-0.25, -0.2) is 0 Å². The molecule has 6 heteroatoms. The van der Waals surface area contributed by atoms with Crippen LogP contribution in [0.3, 0.4) is 0 Å². The molecule has 0 atom stereocenters. The van der Waals surface area contributed by atoms with E-state index in [9.17, 15) is 4.79 Å². The van der Waals surface area contributed by atoms with Crippen molar-refractivity contribution in [3.63, 3.8) is 0 Å². The summed E-state index contributed by atoms with van der Waals surface area (Å²) in [6.07, 6.45) is 0. The summed E-state index contributed by atoms with van der Waals surface area (Å²) in [5, 5.41) is 3.66. The molecule has 1 N–H and O–H groups in total. The first-order valence-corrected chi connectivity index (χ1v) is 10.1. The molecule has 2 rings (SSSR count). The van der Waals surface area contributed by atoms with Crippen molar-refractivity contribution < 1.29 is 9.53 Å². The van der Waals surface area contributed by atoms with Gasteiger partial charge in [0.2, 0.25) is 0 Å². The van der Waals surface area contributed by atoms with Crippen molar-refractivity contribution in [3.05, 3.63) is 56.5 Å². The number of carbonyl (C=O) groups excluding carboxylic acids is 1. The largest absolute Gasteiger partial charge is 0.483 e. The Morgan fingerprint density at radius 2 is 1.50 bits per heavy atom. The molecule has 0 unspecified atom stereocenters. The molecule has 0 aliphatic heterocycles. The summed E-state index contributed by atoms with van der Waals surface area (Å²) in [6.45, 7) is 12.7. The van der Waals surface area contributed by atoms with Crippen molar-refractivity contribution in [1.29, 1.82) is 0 Å². The van der Waals surface area contributed by atoms with Gasteiger partial charge < -0.3 is 10.1 Å². The van der Waals surface area contributed by atoms with Crippen molar-refractivity contribution in [2.75, 3.05) is 11.9 Å². The van der Waals surface area contributed by atoms with Crippen LogP contribution in [-0.4, -0.2) is 12.5 Å². The van der Waals surface area contributed by atoms with Gasteiger partial charge in [0.25, 0.3) is 5.91 Å². The quantitative estimate of drug-likeness (QED) is 0.506. The fourth-order valence-electron chi connectivity index (χ4n) is 2.66. The Bertz CT molecular complexity index is 881. The number of ether oxygens (including phenoxy) is 1. The summed E-state index contributed by atoms with van der Waals surface area (Å²) >= 11 is 18.0. The number of halogens is 3. The van der Waals surface area contributed by atoms with E-state index in [0.29, 0.717) is 26.5 Å².